The number of carboxylic acid groups (broad SMARTS) is 1. The fourth-order valence-corrected chi connectivity index (χ4v) is 6.24. The van der Waals surface area contributed by atoms with Gasteiger partial charge < -0.3 is 14.7 Å². The molecule has 0 atom stereocenters. The van der Waals surface area contributed by atoms with Gasteiger partial charge in [-0.2, -0.15) is 18.4 Å². The van der Waals surface area contributed by atoms with Gasteiger partial charge in [-0.25, -0.2) is 14.2 Å². The number of hydrogen-bond donors (Lipinski definition) is 1. The smallest absolute Gasteiger partial charge is 0.416 e. The van der Waals surface area contributed by atoms with Gasteiger partial charge in [-0.1, -0.05) is 11.6 Å². The van der Waals surface area contributed by atoms with Crippen LogP contribution in [0.15, 0.2) is 40.6 Å². The Morgan fingerprint density at radius 3 is 2.62 bits per heavy atom. The first-order chi connectivity index (χ1) is 21.2. The fourth-order valence-electron chi connectivity index (χ4n) is 5.05. The van der Waals surface area contributed by atoms with Crippen LogP contribution in [0, 0.1) is 24.1 Å². The molecule has 45 heavy (non-hydrogen) atoms. The molecule has 232 valence electrons. The van der Waals surface area contributed by atoms with Crippen LogP contribution in [0.3, 0.4) is 0 Å². The highest BCUT2D eigenvalue weighted by atomic mass is 35.5. The van der Waals surface area contributed by atoms with Gasteiger partial charge in [0, 0.05) is 35.3 Å². The highest BCUT2D eigenvalue weighted by Crippen LogP contribution is 2.41. The van der Waals surface area contributed by atoms with E-state index in [1.807, 2.05) is 0 Å². The average molecular weight is 660 g/mol. The van der Waals surface area contributed by atoms with E-state index in [0.717, 1.165) is 23.5 Å². The predicted octanol–water partition coefficient (Wildman–Crippen LogP) is 6.50. The molecule has 3 heterocycles. The Morgan fingerprint density at radius 1 is 1.24 bits per heavy atom. The van der Waals surface area contributed by atoms with Crippen molar-refractivity contribution < 1.29 is 32.2 Å². The Morgan fingerprint density at radius 2 is 1.98 bits per heavy atom. The van der Waals surface area contributed by atoms with Crippen LogP contribution in [0.1, 0.15) is 32.9 Å². The molecular formula is C30H22ClF4N5O4S. The van der Waals surface area contributed by atoms with Gasteiger partial charge in [-0.05, 0) is 44.8 Å². The number of aromatic nitrogens is 3. The van der Waals surface area contributed by atoms with Gasteiger partial charge >= 0.3 is 12.1 Å². The van der Waals surface area contributed by atoms with Crippen LogP contribution < -0.4 is 10.3 Å². The fraction of sp³-hybridized carbons (Fsp3) is 0.233. The summed E-state index contributed by atoms with van der Waals surface area (Å²) in [7, 11) is 3.09. The Labute approximate surface area is 261 Å². The number of hydrogen-bond acceptors (Lipinski definition) is 8. The average Bonchev–Trinajstić information content (AvgIpc) is 3.40. The van der Waals surface area contributed by atoms with Crippen molar-refractivity contribution >= 4 is 50.0 Å². The Bertz CT molecular complexity index is 2100. The minimum absolute atomic E-state index is 0.000914. The number of halogens is 5. The van der Waals surface area contributed by atoms with Crippen molar-refractivity contribution in [1.29, 1.82) is 5.26 Å². The Kier molecular flexibility index (Phi) is 8.54. The summed E-state index contributed by atoms with van der Waals surface area (Å²) in [5, 5.41) is 20.4. The molecule has 0 aliphatic rings. The molecular weight excluding hydrogens is 638 g/mol. The molecule has 1 N–H and O–H groups in total. The lowest BCUT2D eigenvalue weighted by Gasteiger charge is -2.20. The van der Waals surface area contributed by atoms with Crippen LogP contribution in [0.25, 0.3) is 32.2 Å². The zero-order valence-electron chi connectivity index (χ0n) is 23.8. The molecule has 0 bridgehead atoms. The topological polar surface area (TPSA) is 121 Å². The summed E-state index contributed by atoms with van der Waals surface area (Å²) >= 11 is 7.22. The van der Waals surface area contributed by atoms with E-state index in [-0.39, 0.29) is 63.8 Å². The van der Waals surface area contributed by atoms with Crippen LogP contribution in [-0.2, 0) is 19.3 Å². The van der Waals surface area contributed by atoms with E-state index >= 15 is 0 Å². The van der Waals surface area contributed by atoms with Gasteiger partial charge in [-0.15, -0.1) is 11.3 Å². The largest absolute Gasteiger partial charge is 0.491 e. The number of carboxylic acids is 1. The van der Waals surface area contributed by atoms with Gasteiger partial charge in [0.25, 0.3) is 5.56 Å². The first-order valence-corrected chi connectivity index (χ1v) is 14.4. The normalized spacial score (nSPS) is 11.8. The van der Waals surface area contributed by atoms with E-state index in [0.29, 0.717) is 15.8 Å². The van der Waals surface area contributed by atoms with Crippen LogP contribution >= 0.6 is 22.9 Å². The number of thiophene rings is 1. The number of fused-ring (bicyclic) bond motifs is 2. The molecule has 0 spiro atoms. The van der Waals surface area contributed by atoms with Gasteiger partial charge in [0.1, 0.15) is 30.1 Å². The summed E-state index contributed by atoms with van der Waals surface area (Å²) in [4.78, 5) is 35.1. The molecule has 0 fully saturated rings. The molecule has 15 heteroatoms. The molecule has 0 saturated heterocycles. The van der Waals surface area contributed by atoms with Gasteiger partial charge in [0.05, 0.1) is 49.4 Å². The van der Waals surface area contributed by atoms with Crippen LogP contribution in [-0.4, -0.2) is 51.2 Å². The van der Waals surface area contributed by atoms with Gasteiger partial charge in [-0.3, -0.25) is 14.3 Å². The number of nitrogens with zero attached hydrogens (tertiary/aromatic N) is 5. The quantitative estimate of drug-likeness (QED) is 0.187. The van der Waals surface area contributed by atoms with Crippen molar-refractivity contribution in [3.05, 3.63) is 85.1 Å². The lowest BCUT2D eigenvalue weighted by atomic mass is 9.96. The molecule has 0 amide bonds. The standard InChI is InChI=1S/C30H22ClF4N5O4S/c1-14-38-23-9-20(30(33,34)35)18(12-39(2)3)17(11-36)25(23)28(41)40(14)6-7-44-24-10-22(32)21(31)8-16(24)15-4-5-37-26-19(29(42)43)13-45-27(15)26/h4-5,8-10,13H,6-7,12H2,1-3H3,(H,42,43). The van der Waals surface area contributed by atoms with Crippen molar-refractivity contribution in [2.45, 2.75) is 26.2 Å². The van der Waals surface area contributed by atoms with E-state index in [4.69, 9.17) is 16.3 Å². The summed E-state index contributed by atoms with van der Waals surface area (Å²) in [6.07, 6.45) is -3.38. The summed E-state index contributed by atoms with van der Waals surface area (Å²) in [5.74, 6) is -1.83. The lowest BCUT2D eigenvalue weighted by molar-refractivity contribution is -0.138. The predicted molar refractivity (Wildman–Crippen MR) is 160 cm³/mol. The van der Waals surface area contributed by atoms with Crippen LogP contribution in [0.5, 0.6) is 5.75 Å². The van der Waals surface area contributed by atoms with E-state index in [1.54, 1.807) is 26.2 Å². The lowest BCUT2D eigenvalue weighted by Crippen LogP contribution is -2.28. The second kappa shape index (κ2) is 12.1. The Balaban J connectivity index is 1.55. The molecule has 9 nitrogen and oxygen atoms in total. The van der Waals surface area contributed by atoms with Crippen molar-refractivity contribution in [1.82, 2.24) is 19.4 Å². The molecule has 0 aliphatic carbocycles. The number of aromatic carboxylic acids is 1. The number of nitriles is 1. The van der Waals surface area contributed by atoms with E-state index < -0.39 is 34.6 Å². The summed E-state index contributed by atoms with van der Waals surface area (Å²) in [6, 6.07) is 6.56. The van der Waals surface area contributed by atoms with Crippen molar-refractivity contribution in [2.75, 3.05) is 20.7 Å². The number of alkyl halides is 3. The molecule has 0 radical (unpaired) electrons. The van der Waals surface area contributed by atoms with E-state index in [2.05, 4.69) is 9.97 Å². The number of benzene rings is 2. The minimum Gasteiger partial charge on any atom is -0.491 e. The number of rotatable bonds is 8. The molecule has 5 rings (SSSR count). The SMILES string of the molecule is Cc1nc2cc(C(F)(F)F)c(CN(C)C)c(C#N)c2c(=O)n1CCOc1cc(F)c(Cl)cc1-c1ccnc2c(C(=O)O)csc12. The molecule has 5 aromatic rings. The number of pyridine rings is 1. The zero-order chi connectivity index (χ0) is 32.8. The number of carbonyl (C=O) groups is 1. The van der Waals surface area contributed by atoms with Crippen LogP contribution in [0.4, 0.5) is 17.6 Å². The zero-order valence-corrected chi connectivity index (χ0v) is 25.4. The number of ether oxygens (including phenoxy) is 1. The molecule has 0 saturated carbocycles. The van der Waals surface area contributed by atoms with E-state index in [9.17, 15) is 37.5 Å². The van der Waals surface area contributed by atoms with Crippen molar-refractivity contribution in [2.24, 2.45) is 0 Å². The molecule has 0 unspecified atom stereocenters. The number of aryl methyl sites for hydroxylation is 1. The highest BCUT2D eigenvalue weighted by Gasteiger charge is 2.36. The maximum absolute atomic E-state index is 14.6. The Hall–Kier alpha value is -4.58. The maximum Gasteiger partial charge on any atom is 0.416 e. The summed E-state index contributed by atoms with van der Waals surface area (Å²) < 4.78 is 64.1. The third-order valence-corrected chi connectivity index (χ3v) is 8.30. The van der Waals surface area contributed by atoms with Gasteiger partial charge in [0.2, 0.25) is 0 Å². The van der Waals surface area contributed by atoms with Crippen molar-refractivity contribution in [3.63, 3.8) is 0 Å². The van der Waals surface area contributed by atoms with E-state index in [1.165, 1.54) is 34.0 Å². The first-order valence-electron chi connectivity index (χ1n) is 13.1. The summed E-state index contributed by atoms with van der Waals surface area (Å²) in [5.41, 5.74) is -1.73. The summed E-state index contributed by atoms with van der Waals surface area (Å²) in [6.45, 7) is 0.829. The van der Waals surface area contributed by atoms with Gasteiger partial charge in [0.15, 0.2) is 0 Å². The third kappa shape index (κ3) is 5.94. The highest BCUT2D eigenvalue weighted by molar-refractivity contribution is 7.18. The monoisotopic (exact) mass is 659 g/mol. The maximum atomic E-state index is 14.6. The first kappa shape index (κ1) is 31.8. The molecule has 3 aromatic heterocycles. The molecule has 2 aromatic carbocycles. The second-order valence-electron chi connectivity index (χ2n) is 10.2. The minimum atomic E-state index is -4.78. The van der Waals surface area contributed by atoms with Crippen molar-refractivity contribution in [3.8, 4) is 22.9 Å². The third-order valence-electron chi connectivity index (χ3n) is 7.01. The second-order valence-corrected chi connectivity index (χ2v) is 11.5. The van der Waals surface area contributed by atoms with Crippen LogP contribution in [0.2, 0.25) is 5.02 Å². The molecule has 0 aliphatic heterocycles.